The first kappa shape index (κ1) is 5.77. The Balaban J connectivity index is 2.25. The summed E-state index contributed by atoms with van der Waals surface area (Å²) in [7, 11) is 2.03. The number of hydrogen-bond acceptors (Lipinski definition) is 3. The Bertz CT molecular complexity index is 195. The van der Waals surface area contributed by atoms with E-state index in [1.165, 1.54) is 6.42 Å². The molecule has 0 aromatic rings. The monoisotopic (exact) mass is 137 g/mol. The predicted molar refractivity (Wildman–Crippen MR) is 40.5 cm³/mol. The molecule has 0 N–H and O–H groups in total. The maximum absolute atomic E-state index is 4.38. The summed E-state index contributed by atoms with van der Waals surface area (Å²) >= 11 is 0. The Morgan fingerprint density at radius 2 is 2.40 bits per heavy atom. The van der Waals surface area contributed by atoms with Gasteiger partial charge < -0.3 is 9.80 Å². The second kappa shape index (κ2) is 2.01. The summed E-state index contributed by atoms with van der Waals surface area (Å²) in [5, 5.41) is 0. The van der Waals surface area contributed by atoms with Gasteiger partial charge in [-0.1, -0.05) is 0 Å². The fraction of sp³-hybridized carbons (Fsp3) is 0.571. The van der Waals surface area contributed by atoms with Gasteiger partial charge in [0.05, 0.1) is 0 Å². The highest BCUT2D eigenvalue weighted by atomic mass is 15.4. The molecule has 0 amide bonds. The molecule has 0 unspecified atom stereocenters. The fourth-order valence-corrected chi connectivity index (χ4v) is 1.31. The second-order valence-electron chi connectivity index (χ2n) is 2.64. The zero-order chi connectivity index (χ0) is 6.97. The van der Waals surface area contributed by atoms with Crippen LogP contribution < -0.4 is 0 Å². The summed E-state index contributed by atoms with van der Waals surface area (Å²) in [4.78, 5) is 8.62. The fourth-order valence-electron chi connectivity index (χ4n) is 1.31. The average molecular weight is 137 g/mol. The molecule has 2 aliphatic heterocycles. The lowest BCUT2D eigenvalue weighted by atomic mass is 10.3. The van der Waals surface area contributed by atoms with Gasteiger partial charge in [-0.05, 0) is 6.42 Å². The first-order chi connectivity index (χ1) is 4.88. The Kier molecular flexibility index (Phi) is 1.16. The third kappa shape index (κ3) is 0.701. The molecular formula is C7H11N3. The van der Waals surface area contributed by atoms with Crippen LogP contribution in [0.1, 0.15) is 6.42 Å². The minimum Gasteiger partial charge on any atom is -0.321 e. The van der Waals surface area contributed by atoms with Crippen LogP contribution in [0.25, 0.3) is 0 Å². The van der Waals surface area contributed by atoms with E-state index in [-0.39, 0.29) is 0 Å². The van der Waals surface area contributed by atoms with Crippen LogP contribution >= 0.6 is 0 Å². The minimum atomic E-state index is 0.984. The highest BCUT2D eigenvalue weighted by Crippen LogP contribution is 2.12. The van der Waals surface area contributed by atoms with Gasteiger partial charge in [0, 0.05) is 32.5 Å². The van der Waals surface area contributed by atoms with Crippen molar-refractivity contribution in [3.05, 3.63) is 12.4 Å². The van der Waals surface area contributed by atoms with Crippen molar-refractivity contribution in [2.24, 2.45) is 4.99 Å². The standard InChI is InChI=1S/C7H11N3/c1-9-5-6-10-4-2-3-8-7(9)10/h5-6H,2-4H2,1H3. The van der Waals surface area contributed by atoms with E-state index in [0.29, 0.717) is 0 Å². The van der Waals surface area contributed by atoms with Crippen molar-refractivity contribution in [2.45, 2.75) is 6.42 Å². The summed E-state index contributed by atoms with van der Waals surface area (Å²) in [6.07, 6.45) is 5.31. The number of nitrogens with zero attached hydrogens (tertiary/aromatic N) is 3. The van der Waals surface area contributed by atoms with E-state index in [0.717, 1.165) is 19.0 Å². The second-order valence-corrected chi connectivity index (χ2v) is 2.64. The van der Waals surface area contributed by atoms with Crippen LogP contribution in [0.4, 0.5) is 0 Å². The van der Waals surface area contributed by atoms with Crippen molar-refractivity contribution in [1.82, 2.24) is 9.80 Å². The summed E-state index contributed by atoms with van der Waals surface area (Å²) in [5.74, 6) is 1.10. The lowest BCUT2D eigenvalue weighted by Crippen LogP contribution is -2.35. The molecule has 2 heterocycles. The van der Waals surface area contributed by atoms with Gasteiger partial charge in [0.2, 0.25) is 5.96 Å². The van der Waals surface area contributed by atoms with Crippen LogP contribution in [0.5, 0.6) is 0 Å². The molecule has 0 radical (unpaired) electrons. The topological polar surface area (TPSA) is 18.8 Å². The van der Waals surface area contributed by atoms with Gasteiger partial charge in [-0.2, -0.15) is 0 Å². The van der Waals surface area contributed by atoms with Crippen LogP contribution in [0, 0.1) is 0 Å². The van der Waals surface area contributed by atoms with Crippen molar-refractivity contribution in [1.29, 1.82) is 0 Å². The van der Waals surface area contributed by atoms with Crippen LogP contribution in [0.2, 0.25) is 0 Å². The third-order valence-corrected chi connectivity index (χ3v) is 1.85. The molecule has 2 rings (SSSR count). The van der Waals surface area contributed by atoms with Crippen LogP contribution in [0.15, 0.2) is 17.4 Å². The number of guanidine groups is 1. The lowest BCUT2D eigenvalue weighted by molar-refractivity contribution is 0.479. The van der Waals surface area contributed by atoms with Crippen molar-refractivity contribution in [3.8, 4) is 0 Å². The van der Waals surface area contributed by atoms with E-state index < -0.39 is 0 Å². The van der Waals surface area contributed by atoms with Crippen molar-refractivity contribution >= 4 is 5.96 Å². The van der Waals surface area contributed by atoms with Gasteiger partial charge in [-0.15, -0.1) is 0 Å². The average Bonchev–Trinajstić information content (AvgIpc) is 2.34. The molecule has 0 spiro atoms. The minimum absolute atomic E-state index is 0.984. The van der Waals surface area contributed by atoms with Gasteiger partial charge in [-0.25, -0.2) is 0 Å². The molecule has 3 nitrogen and oxygen atoms in total. The zero-order valence-corrected chi connectivity index (χ0v) is 6.12. The Morgan fingerprint density at radius 3 is 3.20 bits per heavy atom. The number of hydrogen-bond donors (Lipinski definition) is 0. The van der Waals surface area contributed by atoms with Crippen molar-refractivity contribution < 1.29 is 0 Å². The maximum Gasteiger partial charge on any atom is 0.204 e. The van der Waals surface area contributed by atoms with Gasteiger partial charge in [-0.3, -0.25) is 4.99 Å². The molecule has 0 aliphatic carbocycles. The predicted octanol–water partition coefficient (Wildman–Crippen LogP) is 0.465. The largest absolute Gasteiger partial charge is 0.321 e. The summed E-state index contributed by atoms with van der Waals surface area (Å²) in [6, 6.07) is 0. The molecule has 0 saturated heterocycles. The van der Waals surface area contributed by atoms with E-state index >= 15 is 0 Å². The molecule has 0 aromatic heterocycles. The first-order valence-electron chi connectivity index (χ1n) is 3.60. The number of rotatable bonds is 0. The van der Waals surface area contributed by atoms with Gasteiger partial charge in [0.15, 0.2) is 0 Å². The molecule has 0 fully saturated rings. The SMILES string of the molecule is CN1C=CN2CCCN=C12. The van der Waals surface area contributed by atoms with E-state index in [4.69, 9.17) is 0 Å². The molecule has 2 aliphatic rings. The smallest absolute Gasteiger partial charge is 0.204 e. The molecular weight excluding hydrogens is 126 g/mol. The summed E-state index contributed by atoms with van der Waals surface area (Å²) < 4.78 is 0. The molecule has 3 heteroatoms. The molecule has 0 aromatic carbocycles. The number of fused-ring (bicyclic) bond motifs is 1. The zero-order valence-electron chi connectivity index (χ0n) is 6.12. The number of aliphatic imine (C=N–C) groups is 1. The molecule has 0 atom stereocenters. The molecule has 0 bridgehead atoms. The Labute approximate surface area is 60.6 Å². The van der Waals surface area contributed by atoms with Gasteiger partial charge in [0.25, 0.3) is 0 Å². The van der Waals surface area contributed by atoms with Crippen LogP contribution in [-0.2, 0) is 0 Å². The van der Waals surface area contributed by atoms with Crippen LogP contribution in [-0.4, -0.2) is 35.9 Å². The summed E-state index contributed by atoms with van der Waals surface area (Å²) in [5.41, 5.74) is 0. The van der Waals surface area contributed by atoms with E-state index in [1.807, 2.05) is 13.2 Å². The highest BCUT2D eigenvalue weighted by molar-refractivity contribution is 5.84. The Morgan fingerprint density at radius 1 is 1.50 bits per heavy atom. The van der Waals surface area contributed by atoms with Crippen molar-refractivity contribution in [3.63, 3.8) is 0 Å². The van der Waals surface area contributed by atoms with E-state index in [2.05, 4.69) is 21.0 Å². The van der Waals surface area contributed by atoms with Gasteiger partial charge in [0.1, 0.15) is 0 Å². The first-order valence-corrected chi connectivity index (χ1v) is 3.60. The Hall–Kier alpha value is -0.990. The molecule has 0 saturated carbocycles. The van der Waals surface area contributed by atoms with Crippen LogP contribution in [0.3, 0.4) is 0 Å². The lowest BCUT2D eigenvalue weighted by Gasteiger charge is -2.23. The highest BCUT2D eigenvalue weighted by Gasteiger charge is 2.19. The van der Waals surface area contributed by atoms with E-state index in [1.54, 1.807) is 0 Å². The maximum atomic E-state index is 4.38. The van der Waals surface area contributed by atoms with Crippen molar-refractivity contribution in [2.75, 3.05) is 20.1 Å². The third-order valence-electron chi connectivity index (χ3n) is 1.85. The quantitative estimate of drug-likeness (QED) is 0.483. The summed E-state index contributed by atoms with van der Waals surface area (Å²) in [6.45, 7) is 2.11. The van der Waals surface area contributed by atoms with Gasteiger partial charge >= 0.3 is 0 Å². The molecule has 54 valence electrons. The normalized spacial score (nSPS) is 23.1. The molecule has 10 heavy (non-hydrogen) atoms. The van der Waals surface area contributed by atoms with E-state index in [9.17, 15) is 0 Å².